The minimum Gasteiger partial charge on any atom is -0.309 e. The molecule has 0 aliphatic rings. The van der Waals surface area contributed by atoms with Gasteiger partial charge in [0.1, 0.15) is 0 Å². The quantitative estimate of drug-likeness (QED) is 0.909. The minimum atomic E-state index is 0.245. The van der Waals surface area contributed by atoms with E-state index in [9.17, 15) is 0 Å². The third-order valence-corrected chi connectivity index (χ3v) is 4.26. The zero-order valence-corrected chi connectivity index (χ0v) is 12.8. The van der Waals surface area contributed by atoms with Crippen LogP contribution < -0.4 is 5.32 Å². The Bertz CT molecular complexity index is 529. The zero-order valence-electron chi connectivity index (χ0n) is 12.0. The summed E-state index contributed by atoms with van der Waals surface area (Å²) in [5.41, 5.74) is 3.31. The average molecular weight is 275 g/mol. The molecule has 1 atom stereocenters. The van der Waals surface area contributed by atoms with Crippen LogP contribution in [0.2, 0.25) is 0 Å². The van der Waals surface area contributed by atoms with E-state index in [2.05, 4.69) is 48.2 Å². The molecule has 0 spiro atoms. The van der Waals surface area contributed by atoms with Crippen LogP contribution in [-0.2, 0) is 6.42 Å². The number of hydrogen-bond donors (Lipinski definition) is 1. The second-order valence-corrected chi connectivity index (χ2v) is 6.06. The molecule has 2 aromatic heterocycles. The van der Waals surface area contributed by atoms with E-state index in [0.29, 0.717) is 0 Å². The highest BCUT2D eigenvalue weighted by atomic mass is 32.1. The molecule has 0 radical (unpaired) electrons. The number of nitrogens with one attached hydrogen (secondary N) is 1. The number of thiazole rings is 1. The number of likely N-dealkylation sites (N-methyl/N-ethyl adjacent to an activating group) is 1. The maximum atomic E-state index is 4.63. The Morgan fingerprint density at radius 2 is 2.00 bits per heavy atom. The van der Waals surface area contributed by atoms with Gasteiger partial charge in [-0.15, -0.1) is 11.3 Å². The van der Waals surface area contributed by atoms with Crippen molar-refractivity contribution in [2.75, 3.05) is 6.54 Å². The van der Waals surface area contributed by atoms with E-state index in [1.807, 2.05) is 13.0 Å². The van der Waals surface area contributed by atoms with Gasteiger partial charge in [0.15, 0.2) is 0 Å². The van der Waals surface area contributed by atoms with Crippen LogP contribution >= 0.6 is 11.3 Å². The average Bonchev–Trinajstić information content (AvgIpc) is 2.68. The van der Waals surface area contributed by atoms with Gasteiger partial charge in [-0.2, -0.15) is 0 Å². The fraction of sp³-hybridized carbons (Fsp3) is 0.467. The van der Waals surface area contributed by atoms with Crippen LogP contribution in [0.15, 0.2) is 18.2 Å². The maximum absolute atomic E-state index is 4.63. The van der Waals surface area contributed by atoms with E-state index in [1.54, 1.807) is 11.3 Å². The molecule has 2 heterocycles. The molecule has 0 fully saturated rings. The summed E-state index contributed by atoms with van der Waals surface area (Å²) in [6, 6.07) is 6.44. The molecule has 1 unspecified atom stereocenters. The van der Waals surface area contributed by atoms with E-state index in [4.69, 9.17) is 0 Å². The third-order valence-electron chi connectivity index (χ3n) is 3.17. The van der Waals surface area contributed by atoms with Crippen LogP contribution in [0.3, 0.4) is 0 Å². The second kappa shape index (κ2) is 6.26. The summed E-state index contributed by atoms with van der Waals surface area (Å²) < 4.78 is 0. The van der Waals surface area contributed by atoms with E-state index in [1.165, 1.54) is 9.88 Å². The van der Waals surface area contributed by atoms with Crippen molar-refractivity contribution in [3.8, 4) is 0 Å². The summed E-state index contributed by atoms with van der Waals surface area (Å²) in [4.78, 5) is 10.6. The Labute approximate surface area is 119 Å². The number of rotatable bonds is 5. The Morgan fingerprint density at radius 3 is 2.58 bits per heavy atom. The molecule has 0 saturated carbocycles. The number of pyridine rings is 1. The highest BCUT2D eigenvalue weighted by Crippen LogP contribution is 2.22. The standard InChI is InChI=1S/C15H21N3S/c1-5-16-14(13-8-6-7-10(2)17-13)9-15-18-11(3)12(4)19-15/h6-8,14,16H,5,9H2,1-4H3. The molecule has 0 aliphatic carbocycles. The monoisotopic (exact) mass is 275 g/mol. The van der Waals surface area contributed by atoms with Crippen LogP contribution in [-0.4, -0.2) is 16.5 Å². The van der Waals surface area contributed by atoms with Crippen molar-refractivity contribution in [1.82, 2.24) is 15.3 Å². The summed E-state index contributed by atoms with van der Waals surface area (Å²) in [5.74, 6) is 0. The second-order valence-electron chi connectivity index (χ2n) is 4.77. The Morgan fingerprint density at radius 1 is 1.21 bits per heavy atom. The van der Waals surface area contributed by atoms with Crippen LogP contribution in [0.1, 0.15) is 39.9 Å². The first-order chi connectivity index (χ1) is 9.10. The molecule has 19 heavy (non-hydrogen) atoms. The number of hydrogen-bond acceptors (Lipinski definition) is 4. The van der Waals surface area contributed by atoms with Gasteiger partial charge in [-0.1, -0.05) is 13.0 Å². The minimum absolute atomic E-state index is 0.245. The van der Waals surface area contributed by atoms with Gasteiger partial charge < -0.3 is 5.32 Å². The third kappa shape index (κ3) is 3.61. The first kappa shape index (κ1) is 14.2. The number of aryl methyl sites for hydroxylation is 3. The van der Waals surface area contributed by atoms with Gasteiger partial charge in [-0.05, 0) is 39.4 Å². The summed E-state index contributed by atoms with van der Waals surface area (Å²) in [5, 5.41) is 4.69. The topological polar surface area (TPSA) is 37.8 Å². The van der Waals surface area contributed by atoms with E-state index in [0.717, 1.165) is 30.0 Å². The van der Waals surface area contributed by atoms with Gasteiger partial charge in [0.2, 0.25) is 0 Å². The molecule has 0 aromatic carbocycles. The first-order valence-electron chi connectivity index (χ1n) is 6.70. The normalized spacial score (nSPS) is 12.6. The highest BCUT2D eigenvalue weighted by Gasteiger charge is 2.15. The van der Waals surface area contributed by atoms with Gasteiger partial charge in [-0.3, -0.25) is 4.98 Å². The van der Waals surface area contributed by atoms with Crippen molar-refractivity contribution >= 4 is 11.3 Å². The zero-order chi connectivity index (χ0) is 13.8. The molecule has 1 N–H and O–H groups in total. The lowest BCUT2D eigenvalue weighted by Gasteiger charge is -2.16. The van der Waals surface area contributed by atoms with E-state index < -0.39 is 0 Å². The van der Waals surface area contributed by atoms with Gasteiger partial charge in [0.25, 0.3) is 0 Å². The molecule has 2 aromatic rings. The van der Waals surface area contributed by atoms with E-state index >= 15 is 0 Å². The Kier molecular flexibility index (Phi) is 4.66. The molecule has 102 valence electrons. The molecular formula is C15H21N3S. The fourth-order valence-electron chi connectivity index (χ4n) is 2.09. The fourth-order valence-corrected chi connectivity index (χ4v) is 3.07. The van der Waals surface area contributed by atoms with Gasteiger partial charge >= 0.3 is 0 Å². The summed E-state index contributed by atoms with van der Waals surface area (Å²) >= 11 is 1.79. The largest absolute Gasteiger partial charge is 0.309 e. The van der Waals surface area contributed by atoms with Crippen molar-refractivity contribution in [2.24, 2.45) is 0 Å². The van der Waals surface area contributed by atoms with Gasteiger partial charge in [0, 0.05) is 17.0 Å². The smallest absolute Gasteiger partial charge is 0.0950 e. The SMILES string of the molecule is CCNC(Cc1nc(C)c(C)s1)c1cccc(C)n1. The lowest BCUT2D eigenvalue weighted by molar-refractivity contribution is 0.534. The van der Waals surface area contributed by atoms with Crippen molar-refractivity contribution in [3.05, 3.63) is 45.2 Å². The maximum Gasteiger partial charge on any atom is 0.0950 e. The van der Waals surface area contributed by atoms with Crippen LogP contribution in [0, 0.1) is 20.8 Å². The van der Waals surface area contributed by atoms with Crippen molar-refractivity contribution in [1.29, 1.82) is 0 Å². The molecule has 0 amide bonds. The van der Waals surface area contributed by atoms with E-state index in [-0.39, 0.29) is 6.04 Å². The molecule has 0 aliphatic heterocycles. The summed E-state index contributed by atoms with van der Waals surface area (Å²) in [6.45, 7) is 9.29. The predicted octanol–water partition coefficient (Wildman–Crippen LogP) is 3.36. The van der Waals surface area contributed by atoms with Crippen LogP contribution in [0.4, 0.5) is 0 Å². The van der Waals surface area contributed by atoms with Gasteiger partial charge in [-0.25, -0.2) is 4.98 Å². The number of nitrogens with zero attached hydrogens (tertiary/aromatic N) is 2. The molecule has 2 rings (SSSR count). The highest BCUT2D eigenvalue weighted by molar-refractivity contribution is 7.11. The lowest BCUT2D eigenvalue weighted by atomic mass is 10.1. The molecule has 0 bridgehead atoms. The van der Waals surface area contributed by atoms with Crippen LogP contribution in [0.5, 0.6) is 0 Å². The lowest BCUT2D eigenvalue weighted by Crippen LogP contribution is -2.24. The number of aromatic nitrogens is 2. The van der Waals surface area contributed by atoms with Crippen molar-refractivity contribution < 1.29 is 0 Å². The van der Waals surface area contributed by atoms with Gasteiger partial charge in [0.05, 0.1) is 22.4 Å². The molecule has 4 heteroatoms. The summed E-state index contributed by atoms with van der Waals surface area (Å²) in [7, 11) is 0. The van der Waals surface area contributed by atoms with Crippen molar-refractivity contribution in [3.63, 3.8) is 0 Å². The predicted molar refractivity (Wildman–Crippen MR) is 80.7 cm³/mol. The van der Waals surface area contributed by atoms with Crippen molar-refractivity contribution in [2.45, 2.75) is 40.2 Å². The molecule has 3 nitrogen and oxygen atoms in total. The molecular weight excluding hydrogens is 254 g/mol. The molecule has 0 saturated heterocycles. The Balaban J connectivity index is 2.20. The Hall–Kier alpha value is -1.26. The summed E-state index contributed by atoms with van der Waals surface area (Å²) in [6.07, 6.45) is 0.906. The van der Waals surface area contributed by atoms with Crippen LogP contribution in [0.25, 0.3) is 0 Å². The first-order valence-corrected chi connectivity index (χ1v) is 7.51.